The first-order chi connectivity index (χ1) is 15.7. The van der Waals surface area contributed by atoms with Crippen LogP contribution in [0, 0.1) is 27.7 Å². The van der Waals surface area contributed by atoms with Gasteiger partial charge in [0.25, 0.3) is 5.56 Å². The molecule has 0 aliphatic heterocycles. The highest BCUT2D eigenvalue weighted by atomic mass is 32.2. The minimum Gasteiger partial charge on any atom is -0.324 e. The largest absolute Gasteiger partial charge is 0.418 e. The van der Waals surface area contributed by atoms with Crippen LogP contribution in [0.15, 0.2) is 63.1 Å². The Labute approximate surface area is 195 Å². The number of nitrogens with one attached hydrogen (secondary N) is 1. The number of nitrogens with zero attached hydrogens (tertiary/aromatic N) is 1. The number of carbonyl (C=O) groups excluding carboxylic acids is 1. The Balaban J connectivity index is 2.02. The summed E-state index contributed by atoms with van der Waals surface area (Å²) in [5, 5.41) is 2.17. The van der Waals surface area contributed by atoms with Crippen LogP contribution in [0.4, 0.5) is 18.9 Å². The fraction of sp³-hybridized carbons (Fsp3) is 0.250. The molecule has 2 aromatic carbocycles. The van der Waals surface area contributed by atoms with E-state index in [4.69, 9.17) is 0 Å². The number of sulfone groups is 1. The van der Waals surface area contributed by atoms with E-state index in [1.807, 2.05) is 6.92 Å². The van der Waals surface area contributed by atoms with Crippen molar-refractivity contribution in [1.82, 2.24) is 4.57 Å². The maximum Gasteiger partial charge on any atom is 0.418 e. The molecule has 0 saturated heterocycles. The van der Waals surface area contributed by atoms with E-state index >= 15 is 0 Å². The summed E-state index contributed by atoms with van der Waals surface area (Å²) in [5.41, 5.74) is -0.299. The van der Waals surface area contributed by atoms with Gasteiger partial charge in [-0.15, -0.1) is 0 Å². The molecule has 0 atom stereocenters. The van der Waals surface area contributed by atoms with Gasteiger partial charge in [-0.3, -0.25) is 9.59 Å². The molecule has 0 fully saturated rings. The molecule has 0 saturated carbocycles. The average Bonchev–Trinajstić information content (AvgIpc) is 2.72. The highest BCUT2D eigenvalue weighted by Gasteiger charge is 2.33. The summed E-state index contributed by atoms with van der Waals surface area (Å²) in [6.07, 6.45) is -4.69. The molecule has 1 aromatic heterocycles. The standard InChI is InChI=1S/C24H23F3N2O4S/c1-14-9-10-18(12-15(14)2)34(32,33)22-16(3)11-17(4)29(23(22)31)13-21(30)28-20-8-6-5-7-19(20)24(25,26)27/h5-12H,13H2,1-4H3,(H,28,30). The first kappa shape index (κ1) is 25.2. The topological polar surface area (TPSA) is 85.2 Å². The molecule has 10 heteroatoms. The number of aryl methyl sites for hydroxylation is 4. The van der Waals surface area contributed by atoms with Crippen molar-refractivity contribution in [3.63, 3.8) is 0 Å². The van der Waals surface area contributed by atoms with Gasteiger partial charge in [0.15, 0.2) is 0 Å². The Hall–Kier alpha value is -3.40. The van der Waals surface area contributed by atoms with Gasteiger partial charge in [-0.2, -0.15) is 13.2 Å². The molecule has 0 bridgehead atoms. The Morgan fingerprint density at radius 2 is 1.59 bits per heavy atom. The lowest BCUT2D eigenvalue weighted by Gasteiger charge is -2.17. The van der Waals surface area contributed by atoms with Crippen molar-refractivity contribution in [2.45, 2.75) is 50.2 Å². The Bertz CT molecular complexity index is 1440. The van der Waals surface area contributed by atoms with Gasteiger partial charge < -0.3 is 9.88 Å². The smallest absolute Gasteiger partial charge is 0.324 e. The third kappa shape index (κ3) is 4.91. The van der Waals surface area contributed by atoms with Crippen LogP contribution in [0.3, 0.4) is 0 Å². The predicted molar refractivity (Wildman–Crippen MR) is 122 cm³/mol. The quantitative estimate of drug-likeness (QED) is 0.565. The zero-order valence-electron chi connectivity index (χ0n) is 18.9. The maximum absolute atomic E-state index is 13.3. The molecule has 6 nitrogen and oxygen atoms in total. The molecule has 0 aliphatic carbocycles. The molecule has 3 aromatic rings. The lowest BCUT2D eigenvalue weighted by Crippen LogP contribution is -2.33. The second-order valence-corrected chi connectivity index (χ2v) is 9.92. The Morgan fingerprint density at radius 1 is 0.941 bits per heavy atom. The normalized spacial score (nSPS) is 12.0. The van der Waals surface area contributed by atoms with Gasteiger partial charge in [-0.1, -0.05) is 18.2 Å². The van der Waals surface area contributed by atoms with Crippen molar-refractivity contribution >= 4 is 21.4 Å². The number of para-hydroxylation sites is 1. The van der Waals surface area contributed by atoms with Gasteiger partial charge in [0, 0.05) is 5.69 Å². The zero-order valence-corrected chi connectivity index (χ0v) is 19.8. The minimum atomic E-state index is -4.69. The number of alkyl halides is 3. The fourth-order valence-electron chi connectivity index (χ4n) is 3.60. The van der Waals surface area contributed by atoms with Gasteiger partial charge in [-0.25, -0.2) is 8.42 Å². The first-order valence-corrected chi connectivity index (χ1v) is 11.7. The highest BCUT2D eigenvalue weighted by molar-refractivity contribution is 7.91. The third-order valence-corrected chi connectivity index (χ3v) is 7.42. The predicted octanol–water partition coefficient (Wildman–Crippen LogP) is 4.57. The number of aromatic nitrogens is 1. The number of amides is 1. The van der Waals surface area contributed by atoms with Crippen molar-refractivity contribution in [3.8, 4) is 0 Å². The van der Waals surface area contributed by atoms with Crippen molar-refractivity contribution < 1.29 is 26.4 Å². The number of hydrogen-bond donors (Lipinski definition) is 1. The molecule has 0 unspecified atom stereocenters. The van der Waals surface area contributed by atoms with Crippen LogP contribution in [-0.2, 0) is 27.4 Å². The average molecular weight is 493 g/mol. The molecule has 3 rings (SSSR count). The van der Waals surface area contributed by atoms with Crippen LogP contribution in [0.5, 0.6) is 0 Å². The van der Waals surface area contributed by atoms with E-state index in [2.05, 4.69) is 5.32 Å². The number of halogens is 3. The van der Waals surface area contributed by atoms with Gasteiger partial charge >= 0.3 is 6.18 Å². The van der Waals surface area contributed by atoms with Crippen LogP contribution in [0.25, 0.3) is 0 Å². The lowest BCUT2D eigenvalue weighted by molar-refractivity contribution is -0.137. The van der Waals surface area contributed by atoms with Crippen molar-refractivity contribution in [3.05, 3.63) is 86.8 Å². The van der Waals surface area contributed by atoms with Crippen LogP contribution in [0.1, 0.15) is 27.9 Å². The number of carbonyl (C=O) groups is 1. The second-order valence-electron chi connectivity index (χ2n) is 8.03. The highest BCUT2D eigenvalue weighted by Crippen LogP contribution is 2.34. The molecular formula is C24H23F3N2O4S. The van der Waals surface area contributed by atoms with E-state index in [0.717, 1.165) is 27.8 Å². The van der Waals surface area contributed by atoms with Crippen LogP contribution in [-0.4, -0.2) is 18.9 Å². The molecule has 34 heavy (non-hydrogen) atoms. The van der Waals surface area contributed by atoms with Crippen molar-refractivity contribution in [2.75, 3.05) is 5.32 Å². The van der Waals surface area contributed by atoms with Crippen LogP contribution >= 0.6 is 0 Å². The summed E-state index contributed by atoms with van der Waals surface area (Å²) in [6, 6.07) is 10.4. The van der Waals surface area contributed by atoms with E-state index in [1.54, 1.807) is 13.0 Å². The number of rotatable bonds is 5. The molecule has 180 valence electrons. The first-order valence-electron chi connectivity index (χ1n) is 10.2. The summed E-state index contributed by atoms with van der Waals surface area (Å²) in [4.78, 5) is 25.3. The zero-order chi connectivity index (χ0) is 25.4. The maximum atomic E-state index is 13.3. The van der Waals surface area contributed by atoms with Gasteiger partial charge in [-0.05, 0) is 74.7 Å². The number of anilines is 1. The van der Waals surface area contributed by atoms with Gasteiger partial charge in [0.2, 0.25) is 15.7 Å². The summed E-state index contributed by atoms with van der Waals surface area (Å²) in [7, 11) is -4.21. The summed E-state index contributed by atoms with van der Waals surface area (Å²) < 4.78 is 67.2. The molecule has 1 N–H and O–H groups in total. The Kier molecular flexibility index (Phi) is 6.75. The number of benzene rings is 2. The van der Waals surface area contributed by atoms with Crippen molar-refractivity contribution in [2.24, 2.45) is 0 Å². The number of pyridine rings is 1. The second kappa shape index (κ2) is 9.09. The van der Waals surface area contributed by atoms with Gasteiger partial charge in [0.1, 0.15) is 11.4 Å². The Morgan fingerprint density at radius 3 is 2.21 bits per heavy atom. The SMILES string of the molecule is Cc1ccc(S(=O)(=O)c2c(C)cc(C)n(CC(=O)Nc3ccccc3C(F)(F)F)c2=O)cc1C. The fourth-order valence-corrected chi connectivity index (χ4v) is 5.24. The van der Waals surface area contributed by atoms with E-state index < -0.39 is 50.2 Å². The molecular weight excluding hydrogens is 469 g/mol. The molecule has 1 amide bonds. The molecule has 1 heterocycles. The summed E-state index contributed by atoms with van der Waals surface area (Å²) >= 11 is 0. The molecule has 0 radical (unpaired) electrons. The van der Waals surface area contributed by atoms with E-state index in [1.165, 1.54) is 44.2 Å². The number of hydrogen-bond acceptors (Lipinski definition) is 4. The van der Waals surface area contributed by atoms with E-state index in [0.29, 0.717) is 5.69 Å². The van der Waals surface area contributed by atoms with Crippen LogP contribution in [0.2, 0.25) is 0 Å². The summed E-state index contributed by atoms with van der Waals surface area (Å²) in [6.45, 7) is 5.90. The van der Waals surface area contributed by atoms with E-state index in [-0.39, 0.29) is 10.5 Å². The van der Waals surface area contributed by atoms with E-state index in [9.17, 15) is 31.2 Å². The third-order valence-electron chi connectivity index (χ3n) is 5.51. The lowest BCUT2D eigenvalue weighted by atomic mass is 10.1. The molecule has 0 aliphatic rings. The van der Waals surface area contributed by atoms with Gasteiger partial charge in [0.05, 0.1) is 16.1 Å². The minimum absolute atomic E-state index is 0.0604. The molecule has 0 spiro atoms. The van der Waals surface area contributed by atoms with Crippen LogP contribution < -0.4 is 10.9 Å². The monoisotopic (exact) mass is 492 g/mol. The summed E-state index contributed by atoms with van der Waals surface area (Å²) in [5.74, 6) is -0.903. The van der Waals surface area contributed by atoms with Crippen molar-refractivity contribution in [1.29, 1.82) is 0 Å².